The molecule has 0 aromatic carbocycles. The van der Waals surface area contributed by atoms with Crippen molar-refractivity contribution in [1.29, 1.82) is 0 Å². The molecule has 3 aromatic rings. The van der Waals surface area contributed by atoms with Gasteiger partial charge < -0.3 is 5.73 Å². The van der Waals surface area contributed by atoms with E-state index in [0.29, 0.717) is 16.1 Å². The second-order valence-electron chi connectivity index (χ2n) is 4.25. The summed E-state index contributed by atoms with van der Waals surface area (Å²) in [4.78, 5) is 12.7. The van der Waals surface area contributed by atoms with Crippen molar-refractivity contribution < 1.29 is 0 Å². The van der Waals surface area contributed by atoms with Crippen LogP contribution in [0.15, 0.2) is 46.4 Å². The van der Waals surface area contributed by atoms with Gasteiger partial charge in [-0.2, -0.15) is 11.3 Å². The zero-order valence-corrected chi connectivity index (χ0v) is 13.3. The Morgan fingerprint density at radius 2 is 2.14 bits per heavy atom. The zero-order chi connectivity index (χ0) is 14.7. The molecule has 0 atom stereocenters. The number of rotatable bonds is 4. The van der Waals surface area contributed by atoms with Crippen LogP contribution in [0.5, 0.6) is 0 Å². The van der Waals surface area contributed by atoms with Gasteiger partial charge in [-0.05, 0) is 23.1 Å². The van der Waals surface area contributed by atoms with Crippen LogP contribution in [-0.4, -0.2) is 15.0 Å². The van der Waals surface area contributed by atoms with Crippen LogP contribution in [0.2, 0.25) is 5.15 Å². The summed E-state index contributed by atoms with van der Waals surface area (Å²) in [6, 6.07) is 7.67. The van der Waals surface area contributed by atoms with Crippen molar-refractivity contribution >= 4 is 40.5 Å². The highest BCUT2D eigenvalue weighted by atomic mass is 35.5. The van der Waals surface area contributed by atoms with Crippen molar-refractivity contribution in [2.45, 2.75) is 10.9 Å². The largest absolute Gasteiger partial charge is 0.384 e. The van der Waals surface area contributed by atoms with Crippen molar-refractivity contribution in [1.82, 2.24) is 15.0 Å². The highest BCUT2D eigenvalue weighted by Crippen LogP contribution is 2.24. The molecule has 0 saturated carbocycles. The number of halogens is 1. The summed E-state index contributed by atoms with van der Waals surface area (Å²) < 4.78 is 0. The number of nitrogens with zero attached hydrogens (tertiary/aromatic N) is 3. The maximum Gasteiger partial charge on any atom is 0.191 e. The predicted molar refractivity (Wildman–Crippen MR) is 88.6 cm³/mol. The number of nitrogens with two attached hydrogens (primary N) is 1. The summed E-state index contributed by atoms with van der Waals surface area (Å²) in [5, 5.41) is 5.05. The Morgan fingerprint density at radius 3 is 2.81 bits per heavy atom. The molecule has 0 bridgehead atoms. The van der Waals surface area contributed by atoms with Gasteiger partial charge in [0.05, 0.1) is 5.69 Å². The lowest BCUT2D eigenvalue weighted by atomic mass is 10.2. The number of hydrogen-bond donors (Lipinski definition) is 1. The minimum Gasteiger partial charge on any atom is -0.384 e. The van der Waals surface area contributed by atoms with Crippen LogP contribution in [0.25, 0.3) is 11.3 Å². The molecule has 3 heterocycles. The molecule has 21 heavy (non-hydrogen) atoms. The Balaban J connectivity index is 1.68. The van der Waals surface area contributed by atoms with Crippen LogP contribution in [0.4, 0.5) is 5.82 Å². The number of anilines is 1. The minimum absolute atomic E-state index is 0.357. The molecule has 0 radical (unpaired) electrons. The standard InChI is InChI=1S/C14H11ClN4S2/c15-12-5-13(16)19-14(18-12)21-7-9-1-2-11(17-6-9)10-3-4-20-8-10/h1-6,8H,7H2,(H2,16,18,19). The summed E-state index contributed by atoms with van der Waals surface area (Å²) in [6.45, 7) is 0. The summed E-state index contributed by atoms with van der Waals surface area (Å²) in [6.07, 6.45) is 1.87. The first-order chi connectivity index (χ1) is 10.2. The third kappa shape index (κ3) is 3.72. The highest BCUT2D eigenvalue weighted by Gasteiger charge is 2.04. The van der Waals surface area contributed by atoms with Gasteiger partial charge in [0.25, 0.3) is 0 Å². The molecule has 7 heteroatoms. The number of hydrogen-bond acceptors (Lipinski definition) is 6. The lowest BCUT2D eigenvalue weighted by molar-refractivity contribution is 0.975. The first kappa shape index (κ1) is 14.3. The Kier molecular flexibility index (Phi) is 4.38. The van der Waals surface area contributed by atoms with E-state index in [2.05, 4.69) is 32.5 Å². The van der Waals surface area contributed by atoms with E-state index in [9.17, 15) is 0 Å². The molecule has 0 aliphatic heterocycles. The topological polar surface area (TPSA) is 64.7 Å². The maximum absolute atomic E-state index is 5.85. The molecular weight excluding hydrogens is 324 g/mol. The van der Waals surface area contributed by atoms with Crippen molar-refractivity contribution in [2.75, 3.05) is 5.73 Å². The Labute approximate surface area is 135 Å². The predicted octanol–water partition coefficient (Wildman–Crippen LogP) is 4.13. The number of thiophene rings is 1. The second kappa shape index (κ2) is 6.43. The molecule has 0 amide bonds. The third-order valence-corrected chi connectivity index (χ3v) is 4.50. The smallest absolute Gasteiger partial charge is 0.191 e. The van der Waals surface area contributed by atoms with Gasteiger partial charge in [-0.15, -0.1) is 0 Å². The van der Waals surface area contributed by atoms with Crippen LogP contribution in [0.1, 0.15) is 5.56 Å². The quantitative estimate of drug-likeness (QED) is 0.441. The van der Waals surface area contributed by atoms with E-state index in [-0.39, 0.29) is 0 Å². The SMILES string of the molecule is Nc1cc(Cl)nc(SCc2ccc(-c3ccsc3)nc2)n1. The lowest BCUT2D eigenvalue weighted by Gasteiger charge is -2.03. The molecule has 0 unspecified atom stereocenters. The number of nitrogen functional groups attached to an aromatic ring is 1. The average Bonchev–Trinajstić information content (AvgIpc) is 2.99. The molecule has 0 aliphatic rings. The van der Waals surface area contributed by atoms with E-state index in [4.69, 9.17) is 17.3 Å². The molecule has 4 nitrogen and oxygen atoms in total. The first-order valence-corrected chi connectivity index (χ1v) is 8.42. The fourth-order valence-electron chi connectivity index (χ4n) is 1.72. The van der Waals surface area contributed by atoms with E-state index >= 15 is 0 Å². The lowest BCUT2D eigenvalue weighted by Crippen LogP contribution is -1.95. The fourth-order valence-corrected chi connectivity index (χ4v) is 3.41. The van der Waals surface area contributed by atoms with Gasteiger partial charge in [0.15, 0.2) is 5.16 Å². The highest BCUT2D eigenvalue weighted by molar-refractivity contribution is 7.98. The molecule has 0 spiro atoms. The summed E-state index contributed by atoms with van der Waals surface area (Å²) in [5.74, 6) is 1.10. The molecular formula is C14H11ClN4S2. The monoisotopic (exact) mass is 334 g/mol. The van der Waals surface area contributed by atoms with E-state index in [1.165, 1.54) is 17.8 Å². The second-order valence-corrected chi connectivity index (χ2v) is 6.36. The van der Waals surface area contributed by atoms with Gasteiger partial charge in [0.1, 0.15) is 11.0 Å². The van der Waals surface area contributed by atoms with Crippen LogP contribution < -0.4 is 5.73 Å². The summed E-state index contributed by atoms with van der Waals surface area (Å²) in [7, 11) is 0. The molecule has 3 aromatic heterocycles. The van der Waals surface area contributed by atoms with Gasteiger partial charge in [0.2, 0.25) is 0 Å². The van der Waals surface area contributed by atoms with Gasteiger partial charge >= 0.3 is 0 Å². The molecule has 0 aliphatic carbocycles. The minimum atomic E-state index is 0.357. The van der Waals surface area contributed by atoms with Crippen molar-refractivity contribution in [3.05, 3.63) is 51.9 Å². The van der Waals surface area contributed by atoms with E-state index in [1.807, 2.05) is 17.6 Å². The molecule has 0 fully saturated rings. The van der Waals surface area contributed by atoms with Crippen molar-refractivity contribution in [3.8, 4) is 11.3 Å². The molecule has 3 rings (SSSR count). The Hall–Kier alpha value is -1.63. The fraction of sp³-hybridized carbons (Fsp3) is 0.0714. The van der Waals surface area contributed by atoms with Crippen LogP contribution >= 0.6 is 34.7 Å². The number of aromatic nitrogens is 3. The van der Waals surface area contributed by atoms with Crippen LogP contribution in [0, 0.1) is 0 Å². The zero-order valence-electron chi connectivity index (χ0n) is 10.9. The van der Waals surface area contributed by atoms with E-state index in [0.717, 1.165) is 22.6 Å². The molecule has 2 N–H and O–H groups in total. The van der Waals surface area contributed by atoms with Gasteiger partial charge in [-0.25, -0.2) is 9.97 Å². The molecule has 0 saturated heterocycles. The first-order valence-electron chi connectivity index (χ1n) is 6.11. The Morgan fingerprint density at radius 1 is 1.24 bits per heavy atom. The van der Waals surface area contributed by atoms with Gasteiger partial charge in [-0.1, -0.05) is 29.4 Å². The van der Waals surface area contributed by atoms with Gasteiger partial charge in [-0.3, -0.25) is 4.98 Å². The van der Waals surface area contributed by atoms with E-state index < -0.39 is 0 Å². The normalized spacial score (nSPS) is 10.7. The van der Waals surface area contributed by atoms with Crippen molar-refractivity contribution in [2.24, 2.45) is 0 Å². The number of pyridine rings is 1. The summed E-state index contributed by atoms with van der Waals surface area (Å²) in [5.41, 5.74) is 8.86. The average molecular weight is 335 g/mol. The van der Waals surface area contributed by atoms with Crippen LogP contribution in [-0.2, 0) is 5.75 Å². The summed E-state index contributed by atoms with van der Waals surface area (Å²) >= 11 is 9.00. The third-order valence-electron chi connectivity index (χ3n) is 2.70. The van der Waals surface area contributed by atoms with Crippen LogP contribution in [0.3, 0.4) is 0 Å². The number of thioether (sulfide) groups is 1. The molecule has 106 valence electrons. The Bertz CT molecular complexity index is 709. The van der Waals surface area contributed by atoms with Gasteiger partial charge in [0, 0.05) is 29.0 Å². The van der Waals surface area contributed by atoms with E-state index in [1.54, 1.807) is 11.3 Å². The van der Waals surface area contributed by atoms with Crippen molar-refractivity contribution in [3.63, 3.8) is 0 Å². The maximum atomic E-state index is 5.85.